The molecule has 0 spiro atoms. The minimum atomic E-state index is -1.09. The lowest BCUT2D eigenvalue weighted by molar-refractivity contribution is 0.0590. The van der Waals surface area contributed by atoms with Crippen molar-refractivity contribution < 1.29 is 19.5 Å². The first-order chi connectivity index (χ1) is 11.5. The molecule has 0 amide bonds. The van der Waals surface area contributed by atoms with Crippen LogP contribution in [0.4, 0.5) is 0 Å². The second kappa shape index (κ2) is 4.20. The average Bonchev–Trinajstić information content (AvgIpc) is 2.89. The van der Waals surface area contributed by atoms with E-state index in [0.29, 0.717) is 5.56 Å². The van der Waals surface area contributed by atoms with Crippen LogP contribution in [0.1, 0.15) is 59.6 Å². The Morgan fingerprint density at radius 3 is 2.00 bits per heavy atom. The van der Waals surface area contributed by atoms with Gasteiger partial charge in [-0.2, -0.15) is 0 Å². The Kier molecular flexibility index (Phi) is 2.39. The number of aromatic carboxylic acids is 1. The first-order valence-electron chi connectivity index (χ1n) is 8.06. The predicted molar refractivity (Wildman–Crippen MR) is 85.7 cm³/mol. The summed E-state index contributed by atoms with van der Waals surface area (Å²) in [5.74, 6) is -1.88. The second-order valence-electron chi connectivity index (χ2n) is 6.95. The number of fused-ring (bicyclic) bond motifs is 8. The fourth-order valence-corrected chi connectivity index (χ4v) is 5.11. The van der Waals surface area contributed by atoms with E-state index in [1.165, 1.54) is 6.07 Å². The molecule has 2 aromatic carbocycles. The van der Waals surface area contributed by atoms with Gasteiger partial charge in [0.15, 0.2) is 11.6 Å². The molecule has 5 rings (SSSR count). The van der Waals surface area contributed by atoms with E-state index in [0.717, 1.165) is 22.3 Å². The maximum atomic E-state index is 13.0. The van der Waals surface area contributed by atoms with E-state index in [4.69, 9.17) is 0 Å². The van der Waals surface area contributed by atoms with E-state index < -0.39 is 5.97 Å². The Hall–Kier alpha value is -2.75. The molecule has 3 aliphatic carbocycles. The number of carboxylic acids is 1. The van der Waals surface area contributed by atoms with Crippen molar-refractivity contribution in [2.75, 3.05) is 0 Å². The summed E-state index contributed by atoms with van der Waals surface area (Å²) in [6.07, 6.45) is 0. The molecular formula is C20H14O4. The summed E-state index contributed by atoms with van der Waals surface area (Å²) in [7, 11) is 0. The number of aryl methyl sites for hydroxylation is 1. The van der Waals surface area contributed by atoms with Gasteiger partial charge in [0.1, 0.15) is 0 Å². The average molecular weight is 318 g/mol. The molecule has 4 heteroatoms. The van der Waals surface area contributed by atoms with Gasteiger partial charge in [-0.1, -0.05) is 30.3 Å². The lowest BCUT2D eigenvalue weighted by Crippen LogP contribution is -2.43. The molecule has 1 saturated carbocycles. The van der Waals surface area contributed by atoms with Gasteiger partial charge in [0, 0.05) is 34.8 Å². The van der Waals surface area contributed by atoms with Gasteiger partial charge >= 0.3 is 5.97 Å². The quantitative estimate of drug-likeness (QED) is 0.876. The van der Waals surface area contributed by atoms with Crippen LogP contribution in [0, 0.1) is 18.8 Å². The number of benzene rings is 2. The lowest BCUT2D eigenvalue weighted by Gasteiger charge is -2.43. The van der Waals surface area contributed by atoms with Crippen molar-refractivity contribution in [3.63, 3.8) is 0 Å². The number of rotatable bonds is 1. The van der Waals surface area contributed by atoms with Gasteiger partial charge in [-0.25, -0.2) is 4.79 Å². The molecule has 1 N–H and O–H groups in total. The van der Waals surface area contributed by atoms with Crippen LogP contribution in [0.2, 0.25) is 0 Å². The van der Waals surface area contributed by atoms with E-state index in [1.807, 2.05) is 31.2 Å². The van der Waals surface area contributed by atoms with Crippen LogP contribution >= 0.6 is 0 Å². The molecule has 0 unspecified atom stereocenters. The van der Waals surface area contributed by atoms with E-state index >= 15 is 0 Å². The van der Waals surface area contributed by atoms with Crippen molar-refractivity contribution >= 4 is 17.5 Å². The zero-order valence-electron chi connectivity index (χ0n) is 12.9. The highest BCUT2D eigenvalue weighted by Crippen LogP contribution is 2.67. The monoisotopic (exact) mass is 318 g/mol. The van der Waals surface area contributed by atoms with Gasteiger partial charge in [-0.05, 0) is 29.7 Å². The summed E-state index contributed by atoms with van der Waals surface area (Å²) in [4.78, 5) is 37.4. The van der Waals surface area contributed by atoms with Gasteiger partial charge in [-0.3, -0.25) is 9.59 Å². The normalized spacial score (nSPS) is 28.7. The van der Waals surface area contributed by atoms with E-state index in [-0.39, 0.29) is 40.8 Å². The van der Waals surface area contributed by atoms with Crippen molar-refractivity contribution in [1.29, 1.82) is 0 Å². The van der Waals surface area contributed by atoms with Crippen LogP contribution in [0.15, 0.2) is 36.4 Å². The molecule has 4 nitrogen and oxygen atoms in total. The Labute approximate surface area is 138 Å². The largest absolute Gasteiger partial charge is 0.478 e. The van der Waals surface area contributed by atoms with Gasteiger partial charge in [0.2, 0.25) is 0 Å². The molecule has 4 atom stereocenters. The summed E-state index contributed by atoms with van der Waals surface area (Å²) < 4.78 is 0. The number of carboxylic acid groups (broad SMARTS) is 1. The van der Waals surface area contributed by atoms with Crippen LogP contribution in [0.5, 0.6) is 0 Å². The number of hydrogen-bond donors (Lipinski definition) is 1. The maximum absolute atomic E-state index is 13.0. The fraction of sp³-hybridized carbons (Fsp3) is 0.250. The van der Waals surface area contributed by atoms with Gasteiger partial charge in [0.25, 0.3) is 0 Å². The molecule has 0 aliphatic heterocycles. The molecule has 0 aromatic heterocycles. The highest BCUT2D eigenvalue weighted by Gasteiger charge is 2.65. The molecule has 0 bridgehead atoms. The Balaban J connectivity index is 1.70. The number of ketones is 2. The minimum Gasteiger partial charge on any atom is -0.478 e. The fourth-order valence-electron chi connectivity index (χ4n) is 5.11. The summed E-state index contributed by atoms with van der Waals surface area (Å²) in [6.45, 7) is 1.93. The molecule has 118 valence electrons. The third-order valence-corrected chi connectivity index (χ3v) is 6.00. The third-order valence-electron chi connectivity index (χ3n) is 6.00. The number of Topliss-reactive ketones (excluding diaryl/α,β-unsaturated/α-hetero) is 2. The Morgan fingerprint density at radius 1 is 0.833 bits per heavy atom. The van der Waals surface area contributed by atoms with Crippen molar-refractivity contribution in [3.8, 4) is 0 Å². The maximum Gasteiger partial charge on any atom is 0.336 e. The second-order valence-corrected chi connectivity index (χ2v) is 6.95. The van der Waals surface area contributed by atoms with Crippen molar-refractivity contribution in [1.82, 2.24) is 0 Å². The number of carbonyl (C=O) groups excluding carboxylic acids is 2. The SMILES string of the molecule is Cc1cccc2c1C(=O)[C@@H]1[C@@H]2[C@H]2C(=O)c3c(C(=O)O)cccc3[C@@H]12. The third kappa shape index (κ3) is 1.34. The van der Waals surface area contributed by atoms with E-state index in [9.17, 15) is 19.5 Å². The van der Waals surface area contributed by atoms with E-state index in [2.05, 4.69) is 0 Å². The zero-order chi connectivity index (χ0) is 16.7. The van der Waals surface area contributed by atoms with Crippen LogP contribution in [0.3, 0.4) is 0 Å². The van der Waals surface area contributed by atoms with Crippen LogP contribution in [0.25, 0.3) is 0 Å². The summed E-state index contributed by atoms with van der Waals surface area (Å²) >= 11 is 0. The molecule has 0 saturated heterocycles. The molecule has 3 aliphatic rings. The summed E-state index contributed by atoms with van der Waals surface area (Å²) in [5.41, 5.74) is 3.80. The summed E-state index contributed by atoms with van der Waals surface area (Å²) in [6, 6.07) is 10.7. The molecule has 0 radical (unpaired) electrons. The van der Waals surface area contributed by atoms with Crippen molar-refractivity contribution in [2.45, 2.75) is 18.8 Å². The van der Waals surface area contributed by atoms with Gasteiger partial charge in [0.05, 0.1) is 5.56 Å². The lowest BCUT2D eigenvalue weighted by atomic mass is 9.57. The molecular weight excluding hydrogens is 304 g/mol. The van der Waals surface area contributed by atoms with Crippen LogP contribution in [-0.4, -0.2) is 22.6 Å². The first-order valence-corrected chi connectivity index (χ1v) is 8.06. The first kappa shape index (κ1) is 13.7. The number of hydrogen-bond acceptors (Lipinski definition) is 3. The predicted octanol–water partition coefficient (Wildman–Crippen LogP) is 3.20. The van der Waals surface area contributed by atoms with Crippen LogP contribution in [-0.2, 0) is 0 Å². The minimum absolute atomic E-state index is 0.0573. The highest BCUT2D eigenvalue weighted by molar-refractivity contribution is 6.16. The van der Waals surface area contributed by atoms with Crippen LogP contribution < -0.4 is 0 Å². The van der Waals surface area contributed by atoms with Gasteiger partial charge < -0.3 is 5.11 Å². The Morgan fingerprint density at radius 2 is 1.38 bits per heavy atom. The summed E-state index contributed by atoms with van der Waals surface area (Å²) in [5, 5.41) is 9.39. The van der Waals surface area contributed by atoms with Crippen molar-refractivity contribution in [2.24, 2.45) is 11.8 Å². The smallest absolute Gasteiger partial charge is 0.336 e. The molecule has 24 heavy (non-hydrogen) atoms. The standard InChI is InChI=1S/C20H14O4/c1-8-4-2-5-9-12(8)18(21)16-14(9)17-15(16)10-6-3-7-11(20(23)24)13(10)19(17)22/h2-7,14-17H,1H3,(H,23,24)/t14-,15+,16-,17-/m1/s1. The molecule has 0 heterocycles. The van der Waals surface area contributed by atoms with Gasteiger partial charge in [-0.15, -0.1) is 0 Å². The topological polar surface area (TPSA) is 71.4 Å². The molecule has 2 aromatic rings. The Bertz CT molecular complexity index is 972. The highest BCUT2D eigenvalue weighted by atomic mass is 16.4. The molecule has 1 fully saturated rings. The zero-order valence-corrected chi connectivity index (χ0v) is 12.9. The van der Waals surface area contributed by atoms with E-state index in [1.54, 1.807) is 6.07 Å². The van der Waals surface area contributed by atoms with Crippen molar-refractivity contribution in [3.05, 3.63) is 69.8 Å². The number of carbonyl (C=O) groups is 3.